The van der Waals surface area contributed by atoms with Gasteiger partial charge in [-0.3, -0.25) is 24.5 Å². The van der Waals surface area contributed by atoms with E-state index in [1.807, 2.05) is 35.3 Å². The SMILES string of the molecule is O=c1[nH]c(=O)n([C@H]2CC[C@](CF)(COCc3ccccc3)O2)cc1[N+](=O)[O-]. The third-order valence-corrected chi connectivity index (χ3v) is 4.41. The van der Waals surface area contributed by atoms with Gasteiger partial charge in [-0.25, -0.2) is 9.18 Å². The fourth-order valence-corrected chi connectivity index (χ4v) is 2.98. The van der Waals surface area contributed by atoms with Crippen molar-refractivity contribution >= 4 is 5.69 Å². The van der Waals surface area contributed by atoms with Crippen LogP contribution >= 0.6 is 0 Å². The summed E-state index contributed by atoms with van der Waals surface area (Å²) in [7, 11) is 0. The van der Waals surface area contributed by atoms with Gasteiger partial charge >= 0.3 is 16.9 Å². The maximum Gasteiger partial charge on any atom is 0.350 e. The van der Waals surface area contributed by atoms with Gasteiger partial charge in [0.1, 0.15) is 18.5 Å². The van der Waals surface area contributed by atoms with E-state index in [2.05, 4.69) is 0 Å². The maximum atomic E-state index is 13.7. The zero-order valence-corrected chi connectivity index (χ0v) is 14.3. The van der Waals surface area contributed by atoms with Crippen LogP contribution in [0.1, 0.15) is 24.6 Å². The van der Waals surface area contributed by atoms with Crippen molar-refractivity contribution in [3.63, 3.8) is 0 Å². The van der Waals surface area contributed by atoms with Crippen LogP contribution in [0.25, 0.3) is 0 Å². The highest BCUT2D eigenvalue weighted by Crippen LogP contribution is 2.36. The smallest absolute Gasteiger partial charge is 0.350 e. The highest BCUT2D eigenvalue weighted by Gasteiger charge is 2.42. The van der Waals surface area contributed by atoms with E-state index in [0.717, 1.165) is 16.3 Å². The summed E-state index contributed by atoms with van der Waals surface area (Å²) in [5.74, 6) is 0. The van der Waals surface area contributed by atoms with Crippen LogP contribution in [-0.4, -0.2) is 33.4 Å². The third kappa shape index (κ3) is 4.12. The molecular formula is C17H18FN3O6. The van der Waals surface area contributed by atoms with Gasteiger partial charge in [0.25, 0.3) is 0 Å². The molecular weight excluding hydrogens is 361 g/mol. The van der Waals surface area contributed by atoms with Crippen LogP contribution in [0.5, 0.6) is 0 Å². The number of nitrogens with zero attached hydrogens (tertiary/aromatic N) is 2. The molecule has 2 aromatic rings. The van der Waals surface area contributed by atoms with E-state index in [0.29, 0.717) is 0 Å². The van der Waals surface area contributed by atoms with Crippen molar-refractivity contribution in [2.45, 2.75) is 31.3 Å². The minimum absolute atomic E-state index is 0.0326. The zero-order valence-electron chi connectivity index (χ0n) is 14.3. The van der Waals surface area contributed by atoms with Gasteiger partial charge in [0.15, 0.2) is 0 Å². The third-order valence-electron chi connectivity index (χ3n) is 4.41. The lowest BCUT2D eigenvalue weighted by molar-refractivity contribution is -0.387. The second-order valence-corrected chi connectivity index (χ2v) is 6.34. The van der Waals surface area contributed by atoms with Crippen molar-refractivity contribution in [3.8, 4) is 0 Å². The van der Waals surface area contributed by atoms with Crippen molar-refractivity contribution in [1.29, 1.82) is 0 Å². The van der Waals surface area contributed by atoms with Crippen LogP contribution in [-0.2, 0) is 16.1 Å². The quantitative estimate of drug-likeness (QED) is 0.578. The maximum absolute atomic E-state index is 13.7. The lowest BCUT2D eigenvalue weighted by Gasteiger charge is -2.26. The average Bonchev–Trinajstić information content (AvgIpc) is 3.07. The molecule has 0 saturated carbocycles. The number of halogens is 1. The molecule has 1 fully saturated rings. The summed E-state index contributed by atoms with van der Waals surface area (Å²) in [5.41, 5.74) is -3.05. The minimum atomic E-state index is -1.25. The first kappa shape index (κ1) is 18.9. The van der Waals surface area contributed by atoms with Crippen LogP contribution in [0.2, 0.25) is 0 Å². The molecule has 2 atom stereocenters. The van der Waals surface area contributed by atoms with E-state index < -0.39 is 40.4 Å². The van der Waals surface area contributed by atoms with Gasteiger partial charge in [-0.1, -0.05) is 30.3 Å². The molecule has 0 unspecified atom stereocenters. The van der Waals surface area contributed by atoms with Crippen LogP contribution in [0.3, 0.4) is 0 Å². The van der Waals surface area contributed by atoms with E-state index in [-0.39, 0.29) is 26.1 Å². The van der Waals surface area contributed by atoms with E-state index in [1.54, 1.807) is 0 Å². The Morgan fingerprint density at radius 2 is 2.11 bits per heavy atom. The van der Waals surface area contributed by atoms with Gasteiger partial charge < -0.3 is 9.47 Å². The summed E-state index contributed by atoms with van der Waals surface area (Å²) in [5, 5.41) is 10.9. The molecule has 0 amide bonds. The van der Waals surface area contributed by atoms with Crippen LogP contribution in [0, 0.1) is 10.1 Å². The predicted molar refractivity (Wildman–Crippen MR) is 92.1 cm³/mol. The molecule has 1 aromatic heterocycles. The highest BCUT2D eigenvalue weighted by molar-refractivity contribution is 5.21. The number of alkyl halides is 1. The highest BCUT2D eigenvalue weighted by atomic mass is 19.1. The normalized spacial score (nSPS) is 22.0. The molecule has 1 aromatic carbocycles. The fraction of sp³-hybridized carbons (Fsp3) is 0.412. The summed E-state index contributed by atoms with van der Waals surface area (Å²) in [6.07, 6.45) is 0.416. The first-order chi connectivity index (χ1) is 12.9. The van der Waals surface area contributed by atoms with E-state index >= 15 is 0 Å². The molecule has 1 aliphatic heterocycles. The van der Waals surface area contributed by atoms with Crippen molar-refractivity contribution in [2.75, 3.05) is 13.3 Å². The van der Waals surface area contributed by atoms with E-state index in [9.17, 15) is 24.1 Å². The fourth-order valence-electron chi connectivity index (χ4n) is 2.98. The molecule has 144 valence electrons. The van der Waals surface area contributed by atoms with Crippen molar-refractivity contribution in [2.24, 2.45) is 0 Å². The Kier molecular flexibility index (Phi) is 5.47. The van der Waals surface area contributed by atoms with Crippen LogP contribution < -0.4 is 11.2 Å². The monoisotopic (exact) mass is 379 g/mol. The Morgan fingerprint density at radius 3 is 2.78 bits per heavy atom. The summed E-state index contributed by atoms with van der Waals surface area (Å²) < 4.78 is 25.9. The summed E-state index contributed by atoms with van der Waals surface area (Å²) in [6, 6.07) is 9.35. The zero-order chi connectivity index (χ0) is 19.4. The molecule has 3 rings (SSSR count). The molecule has 27 heavy (non-hydrogen) atoms. The number of nitro groups is 1. The molecule has 0 aliphatic carbocycles. The largest absolute Gasteiger partial charge is 0.374 e. The Bertz CT molecular complexity index is 928. The number of nitrogens with one attached hydrogen (secondary N) is 1. The molecule has 9 nitrogen and oxygen atoms in total. The predicted octanol–water partition coefficient (Wildman–Crippen LogP) is 1.68. The molecule has 0 spiro atoms. The average molecular weight is 379 g/mol. The summed E-state index contributed by atoms with van der Waals surface area (Å²) in [4.78, 5) is 35.4. The lowest BCUT2D eigenvalue weighted by Crippen LogP contribution is -2.39. The molecule has 2 heterocycles. The number of rotatable bonds is 7. The number of hydrogen-bond donors (Lipinski definition) is 1. The van der Waals surface area contributed by atoms with Gasteiger partial charge in [-0.2, -0.15) is 0 Å². The van der Waals surface area contributed by atoms with Gasteiger partial charge in [-0.15, -0.1) is 0 Å². The Morgan fingerprint density at radius 1 is 1.37 bits per heavy atom. The number of benzene rings is 1. The van der Waals surface area contributed by atoms with Gasteiger partial charge in [0, 0.05) is 0 Å². The van der Waals surface area contributed by atoms with Crippen molar-refractivity contribution in [1.82, 2.24) is 9.55 Å². The molecule has 0 bridgehead atoms. The topological polar surface area (TPSA) is 116 Å². The number of ether oxygens (including phenoxy) is 2. The second-order valence-electron chi connectivity index (χ2n) is 6.34. The molecule has 1 saturated heterocycles. The lowest BCUT2D eigenvalue weighted by atomic mass is 10.0. The first-order valence-corrected chi connectivity index (χ1v) is 8.29. The van der Waals surface area contributed by atoms with Crippen LogP contribution in [0.15, 0.2) is 46.1 Å². The molecule has 1 aliphatic rings. The van der Waals surface area contributed by atoms with Gasteiger partial charge in [-0.05, 0) is 18.4 Å². The van der Waals surface area contributed by atoms with E-state index in [1.165, 1.54) is 0 Å². The van der Waals surface area contributed by atoms with Gasteiger partial charge in [0.05, 0.1) is 24.3 Å². The summed E-state index contributed by atoms with van der Waals surface area (Å²) >= 11 is 0. The standard InChI is InChI=1S/C17H18FN3O6/c18-10-17(11-26-9-12-4-2-1-3-5-12)7-6-14(27-17)20-8-13(21(24)25)15(22)19-16(20)23/h1-5,8,14H,6-7,9-11H2,(H,19,22,23)/t14-,17+/m1/s1. The van der Waals surface area contributed by atoms with E-state index in [4.69, 9.17) is 9.47 Å². The molecule has 10 heteroatoms. The number of H-pyrrole nitrogens is 1. The Labute approximate surface area is 152 Å². The van der Waals surface area contributed by atoms with Crippen molar-refractivity contribution < 1.29 is 18.8 Å². The minimum Gasteiger partial charge on any atom is -0.374 e. The second kappa shape index (κ2) is 7.80. The number of hydrogen-bond acceptors (Lipinski definition) is 6. The first-order valence-electron chi connectivity index (χ1n) is 8.29. The number of aromatic nitrogens is 2. The van der Waals surface area contributed by atoms with Crippen LogP contribution in [0.4, 0.5) is 10.1 Å². The Balaban J connectivity index is 1.72. The molecule has 0 radical (unpaired) electrons. The Hall–Kier alpha value is -2.85. The molecule has 1 N–H and O–H groups in total. The number of aromatic amines is 1. The summed E-state index contributed by atoms with van der Waals surface area (Å²) in [6.45, 7) is -0.589. The van der Waals surface area contributed by atoms with Crippen molar-refractivity contribution in [3.05, 3.63) is 73.0 Å². The van der Waals surface area contributed by atoms with Gasteiger partial charge in [0.2, 0.25) is 0 Å².